The summed E-state index contributed by atoms with van der Waals surface area (Å²) < 4.78 is 10.5. The van der Waals surface area contributed by atoms with Gasteiger partial charge in [0.2, 0.25) is 0 Å². The van der Waals surface area contributed by atoms with Gasteiger partial charge in [-0.3, -0.25) is 10.1 Å². The third-order valence-corrected chi connectivity index (χ3v) is 3.57. The molecule has 1 aliphatic rings. The van der Waals surface area contributed by atoms with Crippen molar-refractivity contribution in [2.45, 2.75) is 44.6 Å². The zero-order valence-electron chi connectivity index (χ0n) is 13.7. The van der Waals surface area contributed by atoms with Crippen molar-refractivity contribution in [2.75, 3.05) is 12.4 Å². The summed E-state index contributed by atoms with van der Waals surface area (Å²) in [6, 6.07) is 7.21. The van der Waals surface area contributed by atoms with Gasteiger partial charge in [0.1, 0.15) is 17.1 Å². The fourth-order valence-electron chi connectivity index (χ4n) is 2.53. The van der Waals surface area contributed by atoms with Gasteiger partial charge < -0.3 is 9.47 Å². The number of nitriles is 1. The number of nitrogens with one attached hydrogen (secondary N) is 1. The first-order valence-corrected chi connectivity index (χ1v) is 7.30. The molecule has 0 aliphatic heterocycles. The Labute approximate surface area is 135 Å². The summed E-state index contributed by atoms with van der Waals surface area (Å²) in [7, 11) is 1.51. The molecule has 6 nitrogen and oxygen atoms in total. The number of rotatable bonds is 3. The second kappa shape index (κ2) is 5.92. The normalized spacial score (nSPS) is 16.0. The first-order valence-electron chi connectivity index (χ1n) is 7.30. The topological polar surface area (TPSA) is 88.4 Å². The van der Waals surface area contributed by atoms with Crippen LogP contribution in [0.15, 0.2) is 18.2 Å². The number of ketones is 1. The summed E-state index contributed by atoms with van der Waals surface area (Å²) in [5.41, 5.74) is -0.387. The maximum Gasteiger partial charge on any atom is 0.412 e. The van der Waals surface area contributed by atoms with E-state index in [0.717, 1.165) is 0 Å². The fourth-order valence-corrected chi connectivity index (χ4v) is 2.53. The number of anilines is 1. The van der Waals surface area contributed by atoms with Crippen LogP contribution in [0.5, 0.6) is 5.75 Å². The molecule has 0 spiro atoms. The van der Waals surface area contributed by atoms with Crippen molar-refractivity contribution in [3.05, 3.63) is 23.8 Å². The molecule has 1 fully saturated rings. The molecular weight excluding hydrogens is 296 g/mol. The highest BCUT2D eigenvalue weighted by Gasteiger charge is 2.47. The summed E-state index contributed by atoms with van der Waals surface area (Å²) in [6.07, 6.45) is -0.254. The molecule has 0 radical (unpaired) electrons. The van der Waals surface area contributed by atoms with Crippen molar-refractivity contribution in [2.24, 2.45) is 0 Å². The second-order valence-corrected chi connectivity index (χ2v) is 6.63. The van der Waals surface area contributed by atoms with Crippen molar-refractivity contribution in [3.8, 4) is 11.8 Å². The number of Topliss-reactive ketones (excluding diaryl/α,β-unsaturated/α-hetero) is 1. The Morgan fingerprint density at radius 1 is 1.35 bits per heavy atom. The minimum absolute atomic E-state index is 0.0408. The molecule has 0 aromatic heterocycles. The van der Waals surface area contributed by atoms with Gasteiger partial charge in [-0.2, -0.15) is 5.26 Å². The highest BCUT2D eigenvalue weighted by Crippen LogP contribution is 2.45. The minimum atomic E-state index is -0.881. The number of benzene rings is 1. The first-order chi connectivity index (χ1) is 10.7. The summed E-state index contributed by atoms with van der Waals surface area (Å²) in [4.78, 5) is 23.2. The molecule has 0 bridgehead atoms. The zero-order valence-corrected chi connectivity index (χ0v) is 13.7. The van der Waals surface area contributed by atoms with Gasteiger partial charge in [-0.05, 0) is 39.0 Å². The van der Waals surface area contributed by atoms with Crippen LogP contribution in [0.2, 0.25) is 0 Å². The van der Waals surface area contributed by atoms with Crippen molar-refractivity contribution >= 4 is 17.6 Å². The third kappa shape index (κ3) is 3.62. The Hall–Kier alpha value is -2.55. The molecular formula is C17H20N2O4. The number of hydrogen-bond donors (Lipinski definition) is 1. The lowest BCUT2D eigenvalue weighted by Gasteiger charge is -2.35. The van der Waals surface area contributed by atoms with E-state index >= 15 is 0 Å². The second-order valence-electron chi connectivity index (χ2n) is 6.63. The third-order valence-electron chi connectivity index (χ3n) is 3.57. The van der Waals surface area contributed by atoms with Crippen LogP contribution in [0.1, 0.15) is 39.2 Å². The molecule has 1 N–H and O–H groups in total. The molecule has 0 heterocycles. The molecule has 1 aliphatic carbocycles. The van der Waals surface area contributed by atoms with Crippen LogP contribution in [0, 0.1) is 11.3 Å². The molecule has 2 rings (SSSR count). The standard InChI is InChI=1S/C17H20N2O4/c1-16(2,3)23-15(21)19-11-5-6-14(22-4)13(7-11)17(10-18)8-12(20)9-17/h5-7H,8-9H2,1-4H3,(H,19,21). The number of ether oxygens (including phenoxy) is 2. The average molecular weight is 316 g/mol. The molecule has 1 amide bonds. The molecule has 1 saturated carbocycles. The summed E-state index contributed by atoms with van der Waals surface area (Å²) in [5, 5.41) is 12.1. The van der Waals surface area contributed by atoms with Crippen LogP contribution in [-0.4, -0.2) is 24.6 Å². The van der Waals surface area contributed by atoms with E-state index in [-0.39, 0.29) is 18.6 Å². The maximum absolute atomic E-state index is 11.9. The summed E-state index contributed by atoms with van der Waals surface area (Å²) in [5.74, 6) is 0.563. The number of hydrogen-bond acceptors (Lipinski definition) is 5. The molecule has 0 atom stereocenters. The van der Waals surface area contributed by atoms with Gasteiger partial charge >= 0.3 is 6.09 Å². The first kappa shape index (κ1) is 16.8. The molecule has 122 valence electrons. The lowest BCUT2D eigenvalue weighted by Crippen LogP contribution is -2.40. The van der Waals surface area contributed by atoms with Gasteiger partial charge in [0.05, 0.1) is 18.6 Å². The summed E-state index contributed by atoms with van der Waals surface area (Å²) >= 11 is 0. The van der Waals surface area contributed by atoms with Gasteiger partial charge in [-0.25, -0.2) is 4.79 Å². The smallest absolute Gasteiger partial charge is 0.412 e. The van der Waals surface area contributed by atoms with E-state index < -0.39 is 17.1 Å². The highest BCUT2D eigenvalue weighted by molar-refractivity contribution is 5.91. The Morgan fingerprint density at radius 3 is 2.48 bits per heavy atom. The SMILES string of the molecule is COc1ccc(NC(=O)OC(C)(C)C)cc1C1(C#N)CC(=O)C1. The minimum Gasteiger partial charge on any atom is -0.496 e. The van der Waals surface area contributed by atoms with Crippen LogP contribution in [0.4, 0.5) is 10.5 Å². The molecule has 0 unspecified atom stereocenters. The van der Waals surface area contributed by atoms with E-state index in [4.69, 9.17) is 9.47 Å². The number of amides is 1. The van der Waals surface area contributed by atoms with Gasteiger partial charge in [0.15, 0.2) is 0 Å². The van der Waals surface area contributed by atoms with E-state index in [1.165, 1.54) is 7.11 Å². The lowest BCUT2D eigenvalue weighted by molar-refractivity contribution is -0.126. The van der Waals surface area contributed by atoms with Gasteiger partial charge in [0.25, 0.3) is 0 Å². The van der Waals surface area contributed by atoms with Crippen molar-refractivity contribution in [1.82, 2.24) is 0 Å². The van der Waals surface area contributed by atoms with Crippen LogP contribution < -0.4 is 10.1 Å². The van der Waals surface area contributed by atoms with Crippen molar-refractivity contribution in [3.63, 3.8) is 0 Å². The lowest BCUT2D eigenvalue weighted by atomic mass is 9.64. The van der Waals surface area contributed by atoms with Crippen LogP contribution in [0.25, 0.3) is 0 Å². The van der Waals surface area contributed by atoms with Crippen LogP contribution in [0.3, 0.4) is 0 Å². The Bertz CT molecular complexity index is 675. The number of nitrogens with zero attached hydrogens (tertiary/aromatic N) is 1. The van der Waals surface area contributed by atoms with Crippen LogP contribution in [-0.2, 0) is 14.9 Å². The van der Waals surface area contributed by atoms with Gasteiger partial charge in [-0.1, -0.05) is 0 Å². The average Bonchev–Trinajstić information content (AvgIpc) is 2.41. The predicted octanol–water partition coefficient (Wildman–Crippen LogP) is 3.17. The Morgan fingerprint density at radius 2 is 2.00 bits per heavy atom. The van der Waals surface area contributed by atoms with Crippen molar-refractivity contribution < 1.29 is 19.1 Å². The number of carbonyl (C=O) groups is 2. The van der Waals surface area contributed by atoms with Crippen molar-refractivity contribution in [1.29, 1.82) is 5.26 Å². The number of methoxy groups -OCH3 is 1. The predicted molar refractivity (Wildman–Crippen MR) is 84.4 cm³/mol. The van der Waals surface area contributed by atoms with E-state index in [0.29, 0.717) is 17.0 Å². The van der Waals surface area contributed by atoms with Crippen LogP contribution >= 0.6 is 0 Å². The van der Waals surface area contributed by atoms with E-state index in [2.05, 4.69) is 11.4 Å². The van der Waals surface area contributed by atoms with E-state index in [1.807, 2.05) is 0 Å². The zero-order chi connectivity index (χ0) is 17.3. The van der Waals surface area contributed by atoms with E-state index in [1.54, 1.807) is 39.0 Å². The number of carbonyl (C=O) groups excluding carboxylic acids is 2. The quantitative estimate of drug-likeness (QED) is 0.925. The fraction of sp³-hybridized carbons (Fsp3) is 0.471. The van der Waals surface area contributed by atoms with E-state index in [9.17, 15) is 14.9 Å². The monoisotopic (exact) mass is 316 g/mol. The Kier molecular flexibility index (Phi) is 4.33. The summed E-state index contributed by atoms with van der Waals surface area (Å²) in [6.45, 7) is 5.32. The maximum atomic E-state index is 11.9. The molecule has 1 aromatic rings. The molecule has 1 aromatic carbocycles. The van der Waals surface area contributed by atoms with Gasteiger partial charge in [-0.15, -0.1) is 0 Å². The van der Waals surface area contributed by atoms with Gasteiger partial charge in [0, 0.05) is 24.1 Å². The molecule has 6 heteroatoms. The Balaban J connectivity index is 2.28. The molecule has 23 heavy (non-hydrogen) atoms. The highest BCUT2D eigenvalue weighted by atomic mass is 16.6. The molecule has 0 saturated heterocycles. The largest absolute Gasteiger partial charge is 0.496 e.